The summed E-state index contributed by atoms with van der Waals surface area (Å²) in [5, 5.41) is 7.26. The fraction of sp³-hybridized carbons (Fsp3) is 0.278. The van der Waals surface area contributed by atoms with Gasteiger partial charge >= 0.3 is 0 Å². The lowest BCUT2D eigenvalue weighted by molar-refractivity contribution is -0.121. The number of carbonyl (C=O) groups is 1. The van der Waals surface area contributed by atoms with Crippen LogP contribution in [0.5, 0.6) is 0 Å². The topological polar surface area (TPSA) is 99.6 Å². The van der Waals surface area contributed by atoms with Crippen LogP contribution in [0.15, 0.2) is 47.9 Å². The molecule has 0 atom stereocenters. The quantitative estimate of drug-likeness (QED) is 0.507. The number of carbonyl (C=O) groups excluding carboxylic acids is 1. The molecule has 4 aromatic rings. The number of aryl methyl sites for hydroxylation is 2. The first-order chi connectivity index (χ1) is 13.1. The molecule has 9 nitrogen and oxygen atoms in total. The monoisotopic (exact) mass is 365 g/mol. The summed E-state index contributed by atoms with van der Waals surface area (Å²) in [4.78, 5) is 33.0. The van der Waals surface area contributed by atoms with Gasteiger partial charge in [-0.05, 0) is 18.6 Å². The zero-order valence-corrected chi connectivity index (χ0v) is 14.9. The Kier molecular flexibility index (Phi) is 4.41. The number of amides is 1. The number of fused-ring (bicyclic) bond motifs is 2. The second-order valence-corrected chi connectivity index (χ2v) is 6.31. The fourth-order valence-electron chi connectivity index (χ4n) is 3.06. The molecule has 0 unspecified atom stereocenters. The molecule has 1 amide bonds. The molecular formula is C18H19N7O2. The van der Waals surface area contributed by atoms with E-state index in [0.717, 1.165) is 24.0 Å². The Morgan fingerprint density at radius 1 is 1.15 bits per heavy atom. The summed E-state index contributed by atoms with van der Waals surface area (Å²) in [7, 11) is 1.72. The van der Waals surface area contributed by atoms with Gasteiger partial charge in [0.1, 0.15) is 18.3 Å². The Bertz CT molecular complexity index is 1170. The van der Waals surface area contributed by atoms with Gasteiger partial charge in [-0.25, -0.2) is 9.97 Å². The highest BCUT2D eigenvalue weighted by Gasteiger charge is 2.10. The molecule has 0 aliphatic heterocycles. The molecule has 0 radical (unpaired) electrons. The summed E-state index contributed by atoms with van der Waals surface area (Å²) < 4.78 is 4.88. The van der Waals surface area contributed by atoms with Crippen LogP contribution in [0.4, 0.5) is 0 Å². The van der Waals surface area contributed by atoms with Crippen LogP contribution in [-0.2, 0) is 24.9 Å². The summed E-state index contributed by atoms with van der Waals surface area (Å²) in [6.07, 6.45) is 5.42. The summed E-state index contributed by atoms with van der Waals surface area (Å²) in [6.45, 7) is 1.21. The number of aromatic nitrogens is 6. The van der Waals surface area contributed by atoms with Gasteiger partial charge in [0.2, 0.25) is 5.91 Å². The van der Waals surface area contributed by atoms with E-state index in [1.165, 1.54) is 21.8 Å². The van der Waals surface area contributed by atoms with Crippen molar-refractivity contribution in [3.8, 4) is 0 Å². The number of hydrogen-bond acceptors (Lipinski definition) is 5. The van der Waals surface area contributed by atoms with Gasteiger partial charge in [-0.1, -0.05) is 12.1 Å². The molecule has 3 aromatic heterocycles. The Labute approximate surface area is 154 Å². The Balaban J connectivity index is 1.32. The first kappa shape index (κ1) is 17.0. The maximum absolute atomic E-state index is 12.4. The minimum Gasteiger partial charge on any atom is -0.354 e. The van der Waals surface area contributed by atoms with Crippen molar-refractivity contribution in [3.05, 3.63) is 53.5 Å². The molecular weight excluding hydrogens is 346 g/mol. The van der Waals surface area contributed by atoms with Crippen molar-refractivity contribution in [2.75, 3.05) is 6.54 Å². The van der Waals surface area contributed by atoms with Gasteiger partial charge in [0.15, 0.2) is 5.65 Å². The van der Waals surface area contributed by atoms with Crippen molar-refractivity contribution in [2.45, 2.75) is 19.5 Å². The van der Waals surface area contributed by atoms with E-state index < -0.39 is 0 Å². The lowest BCUT2D eigenvalue weighted by atomic mass is 10.3. The van der Waals surface area contributed by atoms with Crippen molar-refractivity contribution < 1.29 is 4.79 Å². The summed E-state index contributed by atoms with van der Waals surface area (Å²) in [5.41, 5.74) is 2.27. The van der Waals surface area contributed by atoms with Crippen molar-refractivity contribution in [2.24, 2.45) is 7.05 Å². The van der Waals surface area contributed by atoms with Gasteiger partial charge in [0.25, 0.3) is 5.56 Å². The largest absolute Gasteiger partial charge is 0.354 e. The molecule has 4 rings (SSSR count). The maximum atomic E-state index is 12.4. The van der Waals surface area contributed by atoms with Crippen LogP contribution in [0.3, 0.4) is 0 Å². The molecule has 138 valence electrons. The molecule has 9 heteroatoms. The van der Waals surface area contributed by atoms with Crippen LogP contribution in [0.1, 0.15) is 6.42 Å². The average molecular weight is 365 g/mol. The van der Waals surface area contributed by atoms with Gasteiger partial charge in [0.05, 0.1) is 23.6 Å². The van der Waals surface area contributed by atoms with E-state index in [9.17, 15) is 9.59 Å². The number of imidazole rings is 1. The molecule has 27 heavy (non-hydrogen) atoms. The number of rotatable bonds is 6. The number of hydrogen-bond donors (Lipinski definition) is 1. The van der Waals surface area contributed by atoms with Crippen LogP contribution in [0, 0.1) is 0 Å². The van der Waals surface area contributed by atoms with Crippen molar-refractivity contribution in [1.82, 2.24) is 34.2 Å². The third-order valence-corrected chi connectivity index (χ3v) is 4.46. The zero-order valence-electron chi connectivity index (χ0n) is 14.9. The first-order valence-electron chi connectivity index (χ1n) is 8.67. The highest BCUT2D eigenvalue weighted by atomic mass is 16.2. The van der Waals surface area contributed by atoms with E-state index in [1.54, 1.807) is 13.4 Å². The molecule has 0 spiro atoms. The number of nitrogens with one attached hydrogen (secondary N) is 1. The Hall–Kier alpha value is -3.49. The van der Waals surface area contributed by atoms with Crippen molar-refractivity contribution >= 4 is 28.0 Å². The third-order valence-electron chi connectivity index (χ3n) is 4.46. The summed E-state index contributed by atoms with van der Waals surface area (Å²) in [5.74, 6) is -0.224. The summed E-state index contributed by atoms with van der Waals surface area (Å²) in [6, 6.07) is 7.93. The van der Waals surface area contributed by atoms with Crippen LogP contribution >= 0.6 is 0 Å². The summed E-state index contributed by atoms with van der Waals surface area (Å²) >= 11 is 0. The number of para-hydroxylation sites is 2. The van der Waals surface area contributed by atoms with Crippen LogP contribution < -0.4 is 10.9 Å². The fourth-order valence-corrected chi connectivity index (χ4v) is 3.06. The molecule has 0 saturated heterocycles. The van der Waals surface area contributed by atoms with E-state index in [2.05, 4.69) is 25.0 Å². The lowest BCUT2D eigenvalue weighted by Gasteiger charge is -2.08. The van der Waals surface area contributed by atoms with Gasteiger partial charge in [0, 0.05) is 20.1 Å². The number of nitrogens with zero attached hydrogens (tertiary/aromatic N) is 6. The van der Waals surface area contributed by atoms with E-state index in [0.29, 0.717) is 17.6 Å². The smallest absolute Gasteiger partial charge is 0.264 e. The van der Waals surface area contributed by atoms with E-state index in [-0.39, 0.29) is 18.0 Å². The van der Waals surface area contributed by atoms with E-state index in [1.807, 2.05) is 24.3 Å². The van der Waals surface area contributed by atoms with Gasteiger partial charge in [-0.15, -0.1) is 0 Å². The zero-order chi connectivity index (χ0) is 18.8. The normalized spacial score (nSPS) is 11.3. The van der Waals surface area contributed by atoms with E-state index in [4.69, 9.17) is 0 Å². The maximum Gasteiger partial charge on any atom is 0.264 e. The average Bonchev–Trinajstić information content (AvgIpc) is 3.25. The van der Waals surface area contributed by atoms with Crippen molar-refractivity contribution in [1.29, 1.82) is 0 Å². The molecule has 0 fully saturated rings. The minimum absolute atomic E-state index is 0.0648. The first-order valence-corrected chi connectivity index (χ1v) is 8.67. The van der Waals surface area contributed by atoms with Crippen LogP contribution in [-0.4, -0.2) is 41.3 Å². The predicted octanol–water partition coefficient (Wildman–Crippen LogP) is 0.686. The van der Waals surface area contributed by atoms with Gasteiger partial charge < -0.3 is 9.88 Å². The van der Waals surface area contributed by atoms with Crippen LogP contribution in [0.25, 0.3) is 22.1 Å². The number of benzene rings is 1. The standard InChI is InChI=1S/C18H19N7O2/c1-23-17-13(9-22-23)18(27)25(12-21-17)10-16(26)19-7-4-8-24-11-20-14-5-2-3-6-15(14)24/h2-3,5-6,9,11-12H,4,7-8,10H2,1H3,(H,19,26). The highest BCUT2D eigenvalue weighted by molar-refractivity contribution is 5.77. The molecule has 3 heterocycles. The SMILES string of the molecule is Cn1ncc2c(=O)n(CC(=O)NCCCn3cnc4ccccc43)cnc21. The molecule has 1 N–H and O–H groups in total. The predicted molar refractivity (Wildman–Crippen MR) is 100 cm³/mol. The molecule has 0 bridgehead atoms. The Morgan fingerprint density at radius 3 is 2.85 bits per heavy atom. The molecule has 1 aromatic carbocycles. The van der Waals surface area contributed by atoms with Crippen LogP contribution in [0.2, 0.25) is 0 Å². The highest BCUT2D eigenvalue weighted by Crippen LogP contribution is 2.11. The third kappa shape index (κ3) is 3.31. The van der Waals surface area contributed by atoms with Crippen molar-refractivity contribution in [3.63, 3.8) is 0 Å². The lowest BCUT2D eigenvalue weighted by Crippen LogP contribution is -2.33. The molecule has 0 aliphatic rings. The molecule has 0 aliphatic carbocycles. The van der Waals surface area contributed by atoms with Gasteiger partial charge in [-0.3, -0.25) is 18.8 Å². The van der Waals surface area contributed by atoms with E-state index >= 15 is 0 Å². The van der Waals surface area contributed by atoms with Gasteiger partial charge in [-0.2, -0.15) is 5.10 Å². The minimum atomic E-state index is -0.270. The molecule has 0 saturated carbocycles. The second-order valence-electron chi connectivity index (χ2n) is 6.31. The second kappa shape index (κ2) is 7.02. The Morgan fingerprint density at radius 2 is 1.96 bits per heavy atom.